The molecule has 26 heavy (non-hydrogen) atoms. The fourth-order valence-corrected chi connectivity index (χ4v) is 4.10. The molecule has 1 saturated heterocycles. The summed E-state index contributed by atoms with van der Waals surface area (Å²) in [5, 5.41) is 7.06. The molecule has 0 aliphatic carbocycles. The van der Waals surface area contributed by atoms with Crippen LogP contribution in [0.5, 0.6) is 0 Å². The number of benzene rings is 1. The summed E-state index contributed by atoms with van der Waals surface area (Å²) >= 11 is 0. The van der Waals surface area contributed by atoms with E-state index in [9.17, 15) is 31.2 Å². The normalized spacial score (nSPS) is 20.2. The molecule has 2 atom stereocenters. The van der Waals surface area contributed by atoms with Crippen LogP contribution in [-0.2, 0) is 20.8 Å². The van der Waals surface area contributed by atoms with Crippen molar-refractivity contribution in [1.29, 1.82) is 0 Å². The van der Waals surface area contributed by atoms with Crippen LogP contribution in [0.4, 0.5) is 23.7 Å². The Kier molecular flexibility index (Phi) is 5.79. The highest BCUT2D eigenvalue weighted by Crippen LogP contribution is 2.30. The van der Waals surface area contributed by atoms with Crippen LogP contribution >= 0.6 is 0 Å². The van der Waals surface area contributed by atoms with Crippen LogP contribution in [0.2, 0.25) is 0 Å². The number of halogens is 3. The standard InChI is InChI=1S/C15H18F3N3O4S/c1-9(19-14(23)21-12-5-6-26(24,25)8-12)13(22)20-11-4-2-3-10(7-11)15(16,17)18/h2-4,7,9,12H,5-6,8H2,1H3,(H,20,22)(H2,19,21,23)/t9-,12?/m0/s1. The molecule has 2 rings (SSSR count). The van der Waals surface area contributed by atoms with Crippen molar-refractivity contribution in [3.05, 3.63) is 29.8 Å². The summed E-state index contributed by atoms with van der Waals surface area (Å²) in [7, 11) is -3.16. The number of urea groups is 1. The predicted octanol–water partition coefficient (Wildman–Crippen LogP) is 1.52. The number of anilines is 1. The zero-order chi connectivity index (χ0) is 19.5. The second-order valence-corrected chi connectivity index (χ2v) is 8.24. The van der Waals surface area contributed by atoms with Gasteiger partial charge in [0.05, 0.1) is 17.1 Å². The number of alkyl halides is 3. The highest BCUT2D eigenvalue weighted by atomic mass is 32.2. The minimum atomic E-state index is -4.54. The average molecular weight is 393 g/mol. The van der Waals surface area contributed by atoms with Gasteiger partial charge in [-0.2, -0.15) is 13.2 Å². The van der Waals surface area contributed by atoms with Crippen LogP contribution in [0.3, 0.4) is 0 Å². The smallest absolute Gasteiger partial charge is 0.334 e. The summed E-state index contributed by atoms with van der Waals surface area (Å²) < 4.78 is 60.7. The van der Waals surface area contributed by atoms with Gasteiger partial charge in [-0.15, -0.1) is 0 Å². The molecule has 0 saturated carbocycles. The molecule has 1 aliphatic rings. The Morgan fingerprint density at radius 3 is 2.54 bits per heavy atom. The van der Waals surface area contributed by atoms with E-state index in [2.05, 4.69) is 16.0 Å². The third kappa shape index (κ3) is 5.61. The van der Waals surface area contributed by atoms with Crippen molar-refractivity contribution >= 4 is 27.5 Å². The number of hydrogen-bond acceptors (Lipinski definition) is 4. The van der Waals surface area contributed by atoms with Gasteiger partial charge < -0.3 is 16.0 Å². The lowest BCUT2D eigenvalue weighted by molar-refractivity contribution is -0.137. The zero-order valence-corrected chi connectivity index (χ0v) is 14.6. The van der Waals surface area contributed by atoms with Crippen molar-refractivity contribution in [3.63, 3.8) is 0 Å². The van der Waals surface area contributed by atoms with Gasteiger partial charge in [0.2, 0.25) is 5.91 Å². The van der Waals surface area contributed by atoms with E-state index in [1.54, 1.807) is 0 Å². The van der Waals surface area contributed by atoms with E-state index in [0.717, 1.165) is 18.2 Å². The summed E-state index contributed by atoms with van der Waals surface area (Å²) in [5.41, 5.74) is -0.961. The van der Waals surface area contributed by atoms with Crippen molar-refractivity contribution in [2.75, 3.05) is 16.8 Å². The van der Waals surface area contributed by atoms with Crippen LogP contribution in [0.15, 0.2) is 24.3 Å². The Morgan fingerprint density at radius 2 is 1.96 bits per heavy atom. The third-order valence-corrected chi connectivity index (χ3v) is 5.53. The topological polar surface area (TPSA) is 104 Å². The largest absolute Gasteiger partial charge is 0.416 e. The summed E-state index contributed by atoms with van der Waals surface area (Å²) in [6.45, 7) is 1.36. The minimum absolute atomic E-state index is 0.0104. The van der Waals surface area contributed by atoms with E-state index in [-0.39, 0.29) is 17.2 Å². The molecular weight excluding hydrogens is 375 g/mol. The van der Waals surface area contributed by atoms with Gasteiger partial charge in [0.25, 0.3) is 0 Å². The Labute approximate surface area is 148 Å². The number of carbonyl (C=O) groups excluding carboxylic acids is 2. The molecule has 0 aromatic heterocycles. The van der Waals surface area contributed by atoms with Gasteiger partial charge in [0.1, 0.15) is 6.04 Å². The van der Waals surface area contributed by atoms with Gasteiger partial charge >= 0.3 is 12.2 Å². The van der Waals surface area contributed by atoms with Gasteiger partial charge in [-0.1, -0.05) is 6.07 Å². The molecule has 1 aromatic carbocycles. The Hall–Kier alpha value is -2.30. The molecule has 3 N–H and O–H groups in total. The molecule has 1 heterocycles. The quantitative estimate of drug-likeness (QED) is 0.721. The second-order valence-electron chi connectivity index (χ2n) is 6.01. The lowest BCUT2D eigenvalue weighted by atomic mass is 10.2. The molecule has 1 fully saturated rings. The van der Waals surface area contributed by atoms with Crippen LogP contribution in [0.25, 0.3) is 0 Å². The Balaban J connectivity index is 1.88. The summed E-state index contributed by atoms with van der Waals surface area (Å²) in [6.07, 6.45) is -4.24. The predicted molar refractivity (Wildman–Crippen MR) is 88.3 cm³/mol. The molecule has 144 valence electrons. The Bertz CT molecular complexity index is 796. The summed E-state index contributed by atoms with van der Waals surface area (Å²) in [4.78, 5) is 23.8. The summed E-state index contributed by atoms with van der Waals surface area (Å²) in [6, 6.07) is 1.82. The van der Waals surface area contributed by atoms with Crippen LogP contribution < -0.4 is 16.0 Å². The van der Waals surface area contributed by atoms with E-state index in [1.807, 2.05) is 0 Å². The first kappa shape index (κ1) is 20.0. The minimum Gasteiger partial charge on any atom is -0.334 e. The molecule has 0 spiro atoms. The van der Waals surface area contributed by atoms with Gasteiger partial charge in [0, 0.05) is 11.7 Å². The molecule has 7 nitrogen and oxygen atoms in total. The second kappa shape index (κ2) is 7.52. The average Bonchev–Trinajstić information content (AvgIpc) is 2.85. The van der Waals surface area contributed by atoms with Crippen molar-refractivity contribution in [3.8, 4) is 0 Å². The number of nitrogens with one attached hydrogen (secondary N) is 3. The fraction of sp³-hybridized carbons (Fsp3) is 0.467. The van der Waals surface area contributed by atoms with Crippen molar-refractivity contribution in [2.45, 2.75) is 31.6 Å². The van der Waals surface area contributed by atoms with E-state index in [1.165, 1.54) is 13.0 Å². The van der Waals surface area contributed by atoms with Gasteiger partial charge in [-0.25, -0.2) is 13.2 Å². The molecular formula is C15H18F3N3O4S. The molecule has 1 unspecified atom stereocenters. The highest BCUT2D eigenvalue weighted by Gasteiger charge is 2.31. The van der Waals surface area contributed by atoms with Crippen LogP contribution in [0, 0.1) is 0 Å². The maximum atomic E-state index is 12.7. The number of rotatable bonds is 4. The van der Waals surface area contributed by atoms with Crippen molar-refractivity contribution in [1.82, 2.24) is 10.6 Å². The number of sulfone groups is 1. The fourth-order valence-electron chi connectivity index (χ4n) is 2.42. The summed E-state index contributed by atoms with van der Waals surface area (Å²) in [5.74, 6) is -0.882. The van der Waals surface area contributed by atoms with Crippen LogP contribution in [-0.4, -0.2) is 43.9 Å². The third-order valence-electron chi connectivity index (χ3n) is 3.77. The maximum Gasteiger partial charge on any atom is 0.416 e. The number of carbonyl (C=O) groups is 2. The van der Waals surface area contributed by atoms with Crippen LogP contribution in [0.1, 0.15) is 18.9 Å². The monoisotopic (exact) mass is 393 g/mol. The van der Waals surface area contributed by atoms with E-state index < -0.39 is 45.6 Å². The molecule has 0 bridgehead atoms. The van der Waals surface area contributed by atoms with Gasteiger partial charge in [-0.3, -0.25) is 4.79 Å². The zero-order valence-electron chi connectivity index (χ0n) is 13.8. The maximum absolute atomic E-state index is 12.7. The van der Waals surface area contributed by atoms with E-state index in [0.29, 0.717) is 6.42 Å². The first-order chi connectivity index (χ1) is 12.0. The van der Waals surface area contributed by atoms with Crippen molar-refractivity contribution < 1.29 is 31.2 Å². The SMILES string of the molecule is C[C@H](NC(=O)NC1CCS(=O)(=O)C1)C(=O)Nc1cccc(C(F)(F)F)c1. The van der Waals surface area contributed by atoms with Gasteiger partial charge in [-0.05, 0) is 31.5 Å². The molecule has 1 aromatic rings. The number of hydrogen-bond donors (Lipinski definition) is 3. The van der Waals surface area contributed by atoms with E-state index >= 15 is 0 Å². The Morgan fingerprint density at radius 1 is 1.27 bits per heavy atom. The van der Waals surface area contributed by atoms with Crippen molar-refractivity contribution in [2.24, 2.45) is 0 Å². The lowest BCUT2D eigenvalue weighted by Gasteiger charge is -2.17. The first-order valence-electron chi connectivity index (χ1n) is 7.72. The van der Waals surface area contributed by atoms with E-state index in [4.69, 9.17) is 0 Å². The molecule has 11 heteroatoms. The van der Waals surface area contributed by atoms with Gasteiger partial charge in [0.15, 0.2) is 9.84 Å². The molecule has 1 aliphatic heterocycles. The highest BCUT2D eigenvalue weighted by molar-refractivity contribution is 7.91. The first-order valence-corrected chi connectivity index (χ1v) is 9.54. The molecule has 0 radical (unpaired) electrons. The lowest BCUT2D eigenvalue weighted by Crippen LogP contribution is -2.49. The number of amides is 3. The molecule has 3 amide bonds.